The number of aryl methyl sites for hydroxylation is 1. The quantitative estimate of drug-likeness (QED) is 0.727. The lowest BCUT2D eigenvalue weighted by atomic mass is 10.0. The summed E-state index contributed by atoms with van der Waals surface area (Å²) in [6.07, 6.45) is -4.12. The fraction of sp³-hybridized carbons (Fsp3) is 0.684. The van der Waals surface area contributed by atoms with Crippen molar-refractivity contribution < 1.29 is 41.8 Å². The Morgan fingerprint density at radius 2 is 1.90 bits per heavy atom. The highest BCUT2D eigenvalue weighted by Gasteiger charge is 2.46. The zero-order valence-electron chi connectivity index (χ0n) is 17.1. The molecular formula is C19H27F3N2O6. The third kappa shape index (κ3) is 6.44. The minimum atomic E-state index is -5.08. The molecule has 170 valence electrons. The van der Waals surface area contributed by atoms with Crippen LogP contribution in [0.15, 0.2) is 16.5 Å². The number of carbonyl (C=O) groups excluding carboxylic acids is 1. The van der Waals surface area contributed by atoms with Crippen LogP contribution in [0.5, 0.6) is 0 Å². The van der Waals surface area contributed by atoms with Crippen LogP contribution in [0.4, 0.5) is 13.2 Å². The lowest BCUT2D eigenvalue weighted by Gasteiger charge is -2.20. The van der Waals surface area contributed by atoms with E-state index in [-0.39, 0.29) is 18.6 Å². The number of alkyl halides is 3. The number of rotatable bonds is 6. The molecule has 3 heterocycles. The molecule has 1 aromatic heterocycles. The Kier molecular flexibility index (Phi) is 8.27. The third-order valence-corrected chi connectivity index (χ3v) is 5.04. The predicted molar refractivity (Wildman–Crippen MR) is 98.7 cm³/mol. The fourth-order valence-corrected chi connectivity index (χ4v) is 3.36. The molecule has 0 aromatic carbocycles. The standard InChI is InChI=1S/C17H26N2O4.C2HF3O2/c1-4-12-5-6-13(23-12)7-19-8-16(14-9-21-10-15(14)19)22-11-17(20)18(2)3;3-2(4,5)1(6)7/h5-6,14-16H,4,7-11H2,1-3H3;(H,6,7)/t14-,15+,16-;/m0./s1. The second-order valence-electron chi connectivity index (χ2n) is 7.36. The monoisotopic (exact) mass is 436 g/mol. The average Bonchev–Trinajstić information content (AvgIpc) is 3.37. The van der Waals surface area contributed by atoms with Crippen molar-refractivity contribution >= 4 is 11.9 Å². The Morgan fingerprint density at radius 3 is 2.43 bits per heavy atom. The van der Waals surface area contributed by atoms with Crippen LogP contribution in [0.2, 0.25) is 0 Å². The van der Waals surface area contributed by atoms with E-state index in [1.165, 1.54) is 0 Å². The van der Waals surface area contributed by atoms with E-state index >= 15 is 0 Å². The molecule has 2 aliphatic rings. The summed E-state index contributed by atoms with van der Waals surface area (Å²) in [6.45, 7) is 5.25. The molecule has 2 saturated heterocycles. The van der Waals surface area contributed by atoms with Gasteiger partial charge in [-0.25, -0.2) is 4.79 Å². The molecule has 11 heteroatoms. The molecule has 1 amide bonds. The van der Waals surface area contributed by atoms with Crippen LogP contribution < -0.4 is 0 Å². The van der Waals surface area contributed by atoms with Crippen molar-refractivity contribution in [1.29, 1.82) is 0 Å². The van der Waals surface area contributed by atoms with Crippen molar-refractivity contribution in [2.45, 2.75) is 38.2 Å². The second kappa shape index (κ2) is 10.3. The number of halogens is 3. The number of amides is 1. The number of aliphatic carboxylic acids is 1. The van der Waals surface area contributed by atoms with Gasteiger partial charge in [0.05, 0.1) is 25.9 Å². The molecular weight excluding hydrogens is 409 g/mol. The molecule has 3 atom stereocenters. The van der Waals surface area contributed by atoms with Gasteiger partial charge in [0.15, 0.2) is 0 Å². The van der Waals surface area contributed by atoms with Gasteiger partial charge < -0.3 is 23.9 Å². The van der Waals surface area contributed by atoms with Crippen LogP contribution in [0.1, 0.15) is 18.4 Å². The molecule has 1 N–H and O–H groups in total. The Hall–Kier alpha value is -2.11. The normalized spacial score (nSPS) is 23.6. The summed E-state index contributed by atoms with van der Waals surface area (Å²) >= 11 is 0. The Bertz CT molecular complexity index is 721. The zero-order chi connectivity index (χ0) is 22.5. The first-order valence-electron chi connectivity index (χ1n) is 9.54. The van der Waals surface area contributed by atoms with Crippen molar-refractivity contribution in [3.05, 3.63) is 23.7 Å². The second-order valence-corrected chi connectivity index (χ2v) is 7.36. The van der Waals surface area contributed by atoms with E-state index in [0.717, 1.165) is 37.6 Å². The van der Waals surface area contributed by atoms with Gasteiger partial charge in [-0.3, -0.25) is 9.69 Å². The van der Waals surface area contributed by atoms with Crippen LogP contribution in [-0.2, 0) is 32.0 Å². The van der Waals surface area contributed by atoms with Gasteiger partial charge in [0.1, 0.15) is 18.1 Å². The molecule has 0 saturated carbocycles. The van der Waals surface area contributed by atoms with Crippen molar-refractivity contribution in [3.8, 4) is 0 Å². The van der Waals surface area contributed by atoms with Gasteiger partial charge >= 0.3 is 12.1 Å². The van der Waals surface area contributed by atoms with E-state index in [1.807, 2.05) is 12.1 Å². The van der Waals surface area contributed by atoms with Gasteiger partial charge in [0.2, 0.25) is 5.91 Å². The Morgan fingerprint density at radius 1 is 1.27 bits per heavy atom. The molecule has 2 aliphatic heterocycles. The molecule has 0 bridgehead atoms. The minimum Gasteiger partial charge on any atom is -0.475 e. The first kappa shape index (κ1) is 24.2. The summed E-state index contributed by atoms with van der Waals surface area (Å²) in [6, 6.07) is 4.44. The fourth-order valence-electron chi connectivity index (χ4n) is 3.36. The lowest BCUT2D eigenvalue weighted by molar-refractivity contribution is -0.192. The summed E-state index contributed by atoms with van der Waals surface area (Å²) in [4.78, 5) is 24.6. The highest BCUT2D eigenvalue weighted by atomic mass is 19.4. The molecule has 0 spiro atoms. The largest absolute Gasteiger partial charge is 0.490 e. The summed E-state index contributed by atoms with van der Waals surface area (Å²) in [5.74, 6) is -0.420. The molecule has 0 radical (unpaired) electrons. The van der Waals surface area contributed by atoms with E-state index in [9.17, 15) is 18.0 Å². The number of carboxylic acid groups (broad SMARTS) is 1. The molecule has 8 nitrogen and oxygen atoms in total. The topological polar surface area (TPSA) is 92.5 Å². The van der Waals surface area contributed by atoms with E-state index in [2.05, 4.69) is 11.8 Å². The van der Waals surface area contributed by atoms with Gasteiger partial charge in [-0.05, 0) is 12.1 Å². The van der Waals surface area contributed by atoms with Crippen molar-refractivity contribution in [2.75, 3.05) is 40.5 Å². The van der Waals surface area contributed by atoms with E-state index < -0.39 is 12.1 Å². The highest BCUT2D eigenvalue weighted by Crippen LogP contribution is 2.33. The Balaban J connectivity index is 0.000000396. The van der Waals surface area contributed by atoms with Crippen LogP contribution in [-0.4, -0.2) is 85.6 Å². The molecule has 30 heavy (non-hydrogen) atoms. The summed E-state index contributed by atoms with van der Waals surface area (Å²) in [5.41, 5.74) is 0. The number of likely N-dealkylation sites (tertiary alicyclic amines) is 1. The number of fused-ring (bicyclic) bond motifs is 1. The number of likely N-dealkylation sites (N-methyl/N-ethyl adjacent to an activating group) is 1. The number of carbonyl (C=O) groups is 2. The predicted octanol–water partition coefficient (Wildman–Crippen LogP) is 1.78. The molecule has 3 rings (SSSR count). The zero-order valence-corrected chi connectivity index (χ0v) is 17.1. The first-order chi connectivity index (χ1) is 14.0. The van der Waals surface area contributed by atoms with E-state index in [1.54, 1.807) is 19.0 Å². The van der Waals surface area contributed by atoms with Crippen LogP contribution in [0, 0.1) is 5.92 Å². The number of hydrogen-bond donors (Lipinski definition) is 1. The van der Waals surface area contributed by atoms with Crippen LogP contribution in [0.25, 0.3) is 0 Å². The van der Waals surface area contributed by atoms with Gasteiger partial charge in [0.25, 0.3) is 0 Å². The molecule has 0 aliphatic carbocycles. The lowest BCUT2D eigenvalue weighted by Crippen LogP contribution is -2.32. The first-order valence-corrected chi connectivity index (χ1v) is 9.54. The smallest absolute Gasteiger partial charge is 0.475 e. The maximum atomic E-state index is 11.7. The number of hydrogen-bond acceptors (Lipinski definition) is 6. The molecule has 2 fully saturated rings. The minimum absolute atomic E-state index is 0.00228. The SMILES string of the molecule is CCc1ccc(CN2C[C@H](OCC(=O)N(C)C)[C@H]3COC[C@H]32)o1.O=C(O)C(F)(F)F. The van der Waals surface area contributed by atoms with E-state index in [0.29, 0.717) is 18.6 Å². The molecule has 1 aromatic rings. The average molecular weight is 436 g/mol. The van der Waals surface area contributed by atoms with Crippen LogP contribution >= 0.6 is 0 Å². The van der Waals surface area contributed by atoms with Crippen molar-refractivity contribution in [2.24, 2.45) is 5.92 Å². The number of ether oxygens (including phenoxy) is 2. The Labute approximate surface area is 172 Å². The number of nitrogens with zero attached hydrogens (tertiary/aromatic N) is 2. The van der Waals surface area contributed by atoms with Crippen molar-refractivity contribution in [3.63, 3.8) is 0 Å². The molecule has 0 unspecified atom stereocenters. The highest BCUT2D eigenvalue weighted by molar-refractivity contribution is 5.76. The third-order valence-electron chi connectivity index (χ3n) is 5.04. The van der Waals surface area contributed by atoms with E-state index in [4.69, 9.17) is 23.8 Å². The summed E-state index contributed by atoms with van der Waals surface area (Å²) < 4.78 is 49.1. The summed E-state index contributed by atoms with van der Waals surface area (Å²) in [5, 5.41) is 7.12. The van der Waals surface area contributed by atoms with Gasteiger partial charge in [-0.2, -0.15) is 13.2 Å². The van der Waals surface area contributed by atoms with Gasteiger partial charge in [-0.15, -0.1) is 0 Å². The van der Waals surface area contributed by atoms with Crippen LogP contribution in [0.3, 0.4) is 0 Å². The number of carboxylic acids is 1. The maximum absolute atomic E-state index is 11.7. The maximum Gasteiger partial charge on any atom is 0.490 e. The van der Waals surface area contributed by atoms with Gasteiger partial charge in [0, 0.05) is 39.0 Å². The van der Waals surface area contributed by atoms with Crippen molar-refractivity contribution in [1.82, 2.24) is 9.80 Å². The van der Waals surface area contributed by atoms with Gasteiger partial charge in [-0.1, -0.05) is 6.92 Å². The summed E-state index contributed by atoms with van der Waals surface area (Å²) in [7, 11) is 3.49. The number of furan rings is 1.